The molecule has 0 saturated carbocycles. The molecule has 248 valence electrons. The zero-order valence-electron chi connectivity index (χ0n) is 23.0. The van der Waals surface area contributed by atoms with Crippen LogP contribution in [0.25, 0.3) is 11.0 Å². The van der Waals surface area contributed by atoms with Crippen molar-refractivity contribution in [2.45, 2.75) is 43.5 Å². The van der Waals surface area contributed by atoms with Gasteiger partial charge in [-0.2, -0.15) is 13.6 Å². The van der Waals surface area contributed by atoms with Crippen LogP contribution in [0.2, 0.25) is 0 Å². The summed E-state index contributed by atoms with van der Waals surface area (Å²) in [5, 5.41) is 0.0897. The minimum absolute atomic E-state index is 0.0108. The van der Waals surface area contributed by atoms with Crippen LogP contribution >= 0.6 is 45.1 Å². The molecule has 0 aliphatic carbocycles. The van der Waals surface area contributed by atoms with Crippen LogP contribution in [0, 0.1) is 11.8 Å². The van der Waals surface area contributed by atoms with Crippen molar-refractivity contribution >= 4 is 62.0 Å². The number of nitrogen functional groups attached to an aromatic ring is 1. The average molecular weight is 725 g/mol. The Labute approximate surface area is 257 Å². The van der Waals surface area contributed by atoms with Crippen LogP contribution in [0.1, 0.15) is 32.1 Å². The first kappa shape index (κ1) is 37.2. The highest BCUT2D eigenvalue weighted by molar-refractivity contribution is 8.77. The smallest absolute Gasteiger partial charge is 0.369 e. The normalized spacial score (nSPS) is 22.0. The molecule has 1 aliphatic rings. The number of H-pyrrole nitrogens is 1. The van der Waals surface area contributed by atoms with E-state index in [2.05, 4.69) is 35.0 Å². The standard InChI is InChI=1S/C19H31N6O14P3S2/c1-19(2,9-20)44-43-10-34-5-3-4-11-7-25(16-15(11)17(26)24-18(21)23-16)14-6-12(37-22)13(36-14)8-35-41(30,31)39-42(32,33)38-40(27,28)29/h7,12-14H,5-6,8-10,20,22H2,1-2H3,(H,30,31)(H,32,33)(H2,27,28,29)(H3,21,23,24,26)/t12?,13-,14-/m1/s1. The zero-order chi connectivity index (χ0) is 32.9. The number of nitrogens with two attached hydrogens (primary N) is 3. The van der Waals surface area contributed by atoms with Crippen LogP contribution < -0.4 is 22.9 Å². The Morgan fingerprint density at radius 1 is 1.23 bits per heavy atom. The van der Waals surface area contributed by atoms with Crippen molar-refractivity contribution in [2.24, 2.45) is 11.6 Å². The molecule has 2 aromatic rings. The van der Waals surface area contributed by atoms with Gasteiger partial charge in [0.05, 0.1) is 17.6 Å². The Hall–Kier alpha value is -1.31. The predicted octanol–water partition coefficient (Wildman–Crippen LogP) is 0.641. The van der Waals surface area contributed by atoms with Crippen molar-refractivity contribution in [1.29, 1.82) is 0 Å². The van der Waals surface area contributed by atoms with E-state index in [-0.39, 0.29) is 40.3 Å². The molecule has 3 unspecified atom stereocenters. The summed E-state index contributed by atoms with van der Waals surface area (Å²) in [4.78, 5) is 60.6. The number of phosphoric acid groups is 3. The summed E-state index contributed by atoms with van der Waals surface area (Å²) in [5.74, 6) is 11.2. The molecule has 20 nitrogen and oxygen atoms in total. The lowest BCUT2D eigenvalue weighted by Gasteiger charge is -2.20. The van der Waals surface area contributed by atoms with Gasteiger partial charge in [-0.15, -0.1) is 0 Å². The third-order valence-electron chi connectivity index (χ3n) is 5.49. The fraction of sp³-hybridized carbons (Fsp3) is 0.579. The molecule has 3 rings (SSSR count). The Bertz CT molecular complexity index is 1590. The average Bonchev–Trinajstić information content (AvgIpc) is 3.46. The van der Waals surface area contributed by atoms with Crippen molar-refractivity contribution in [3.05, 3.63) is 22.1 Å². The Kier molecular flexibility index (Phi) is 12.7. The van der Waals surface area contributed by atoms with Crippen LogP contribution in [-0.4, -0.2) is 76.8 Å². The lowest BCUT2D eigenvalue weighted by Crippen LogP contribution is -2.31. The van der Waals surface area contributed by atoms with Crippen molar-refractivity contribution < 1.29 is 60.7 Å². The van der Waals surface area contributed by atoms with Crippen LogP contribution in [-0.2, 0) is 41.2 Å². The van der Waals surface area contributed by atoms with Gasteiger partial charge < -0.3 is 45.1 Å². The van der Waals surface area contributed by atoms with Gasteiger partial charge in [0.2, 0.25) is 5.95 Å². The topological polar surface area (TPSA) is 316 Å². The van der Waals surface area contributed by atoms with E-state index in [1.54, 1.807) is 10.8 Å². The van der Waals surface area contributed by atoms with Crippen LogP contribution in [0.15, 0.2) is 11.0 Å². The van der Waals surface area contributed by atoms with Gasteiger partial charge in [-0.3, -0.25) is 19.1 Å². The molecule has 25 heteroatoms. The number of phosphoric ester groups is 1. The maximum absolute atomic E-state index is 12.8. The minimum Gasteiger partial charge on any atom is -0.369 e. The number of aromatic nitrogens is 3. The number of aromatic amines is 1. The van der Waals surface area contributed by atoms with Gasteiger partial charge in [0, 0.05) is 23.9 Å². The van der Waals surface area contributed by atoms with E-state index in [0.29, 0.717) is 12.5 Å². The summed E-state index contributed by atoms with van der Waals surface area (Å²) >= 11 is 0. The summed E-state index contributed by atoms with van der Waals surface area (Å²) in [5.41, 5.74) is 11.2. The van der Waals surface area contributed by atoms with Crippen molar-refractivity contribution in [3.8, 4) is 11.8 Å². The molecule has 1 aliphatic heterocycles. The number of nitrogens with zero attached hydrogens (tertiary/aromatic N) is 2. The van der Waals surface area contributed by atoms with E-state index in [4.69, 9.17) is 41.5 Å². The van der Waals surface area contributed by atoms with E-state index < -0.39 is 54.1 Å². The van der Waals surface area contributed by atoms with Crippen LogP contribution in [0.4, 0.5) is 5.95 Å². The lowest BCUT2D eigenvalue weighted by molar-refractivity contribution is -0.0599. The first-order valence-electron chi connectivity index (χ1n) is 12.1. The molecule has 0 spiro atoms. The second kappa shape index (κ2) is 15.1. The van der Waals surface area contributed by atoms with Gasteiger partial charge >= 0.3 is 23.5 Å². The Balaban J connectivity index is 1.74. The second-order valence-corrected chi connectivity index (χ2v) is 16.8. The van der Waals surface area contributed by atoms with Crippen molar-refractivity contribution in [3.63, 3.8) is 0 Å². The fourth-order valence-corrected chi connectivity index (χ4v) is 8.72. The maximum atomic E-state index is 12.8. The largest absolute Gasteiger partial charge is 0.490 e. The molecule has 0 radical (unpaired) electrons. The van der Waals surface area contributed by atoms with Gasteiger partial charge in [-0.1, -0.05) is 33.4 Å². The van der Waals surface area contributed by atoms with E-state index >= 15 is 0 Å². The molecular formula is C19H31N6O14P3S2. The van der Waals surface area contributed by atoms with Gasteiger partial charge in [0.25, 0.3) is 5.56 Å². The van der Waals surface area contributed by atoms with Crippen molar-refractivity contribution in [1.82, 2.24) is 14.5 Å². The number of hydrogen-bond acceptors (Lipinski definition) is 16. The first-order valence-corrected chi connectivity index (χ1v) is 19.0. The number of nitrogens with one attached hydrogen (secondary N) is 1. The number of hydrogen-bond donors (Lipinski definition) is 8. The number of fused-ring (bicyclic) bond motifs is 1. The molecular weight excluding hydrogens is 693 g/mol. The van der Waals surface area contributed by atoms with E-state index in [0.717, 1.165) is 0 Å². The Morgan fingerprint density at radius 2 is 1.93 bits per heavy atom. The Morgan fingerprint density at radius 3 is 2.57 bits per heavy atom. The highest BCUT2D eigenvalue weighted by Gasteiger charge is 2.43. The number of anilines is 1. The maximum Gasteiger partial charge on any atom is 0.490 e. The molecule has 2 aromatic heterocycles. The summed E-state index contributed by atoms with van der Waals surface area (Å²) in [6.45, 7) is 3.74. The summed E-state index contributed by atoms with van der Waals surface area (Å²) in [7, 11) is -13.7. The van der Waals surface area contributed by atoms with Gasteiger partial charge in [0.1, 0.15) is 31.0 Å². The summed E-state index contributed by atoms with van der Waals surface area (Å²) < 4.78 is 59.2. The summed E-state index contributed by atoms with van der Waals surface area (Å²) in [6, 6.07) is 0. The van der Waals surface area contributed by atoms with Crippen LogP contribution in [0.5, 0.6) is 0 Å². The quantitative estimate of drug-likeness (QED) is 0.0312. The second-order valence-electron chi connectivity index (χ2n) is 9.46. The third-order valence-corrected chi connectivity index (χ3v) is 12.3. The van der Waals surface area contributed by atoms with Gasteiger partial charge in [-0.05, 0) is 13.8 Å². The number of rotatable bonds is 15. The molecule has 1 fully saturated rings. The molecule has 1 saturated heterocycles. The summed E-state index contributed by atoms with van der Waals surface area (Å²) in [6.07, 6.45) is -1.69. The van der Waals surface area contributed by atoms with Gasteiger partial charge in [-0.25, -0.2) is 19.6 Å². The molecule has 0 amide bonds. The van der Waals surface area contributed by atoms with Crippen LogP contribution in [0.3, 0.4) is 0 Å². The molecule has 0 aromatic carbocycles. The minimum atomic E-state index is -5.72. The van der Waals surface area contributed by atoms with Crippen molar-refractivity contribution in [2.75, 3.05) is 31.4 Å². The lowest BCUT2D eigenvalue weighted by atomic mass is 10.2. The van der Waals surface area contributed by atoms with E-state index in [1.807, 2.05) is 13.8 Å². The molecule has 44 heavy (non-hydrogen) atoms. The van der Waals surface area contributed by atoms with E-state index in [9.17, 15) is 28.3 Å². The fourth-order valence-electron chi connectivity index (χ4n) is 3.60. The monoisotopic (exact) mass is 724 g/mol. The third kappa shape index (κ3) is 10.9. The molecule has 0 bridgehead atoms. The molecule has 5 atom stereocenters. The first-order chi connectivity index (χ1) is 20.4. The highest BCUT2D eigenvalue weighted by atomic mass is 33.1. The zero-order valence-corrected chi connectivity index (χ0v) is 27.3. The predicted molar refractivity (Wildman–Crippen MR) is 158 cm³/mol. The SMILES string of the molecule is CC(C)(CN)SSCOCC#Cc1cn([C@H]2CC(ON)[C@@H](COP(=O)(O)OP(=O)(O)OP(=O)(O)O)O2)c2nc(N)[nH]c(=O)c12. The molecule has 11 N–H and O–H groups in total. The number of ether oxygens (including phenoxy) is 2. The molecule has 3 heterocycles. The van der Waals surface area contributed by atoms with Gasteiger partial charge in [0.15, 0.2) is 5.65 Å². The van der Waals surface area contributed by atoms with E-state index in [1.165, 1.54) is 21.6 Å². The highest BCUT2D eigenvalue weighted by Crippen LogP contribution is 2.66.